The van der Waals surface area contributed by atoms with Gasteiger partial charge in [0.2, 0.25) is 0 Å². The summed E-state index contributed by atoms with van der Waals surface area (Å²) in [6.07, 6.45) is 1.88. The van der Waals surface area contributed by atoms with E-state index in [0.717, 1.165) is 50.2 Å². The lowest BCUT2D eigenvalue weighted by Gasteiger charge is -2.27. The minimum absolute atomic E-state index is 0.0527. The molecule has 0 fully saturated rings. The van der Waals surface area contributed by atoms with Gasteiger partial charge in [-0.2, -0.15) is 0 Å². The molecule has 2 aromatic heterocycles. The summed E-state index contributed by atoms with van der Waals surface area (Å²) in [6.45, 7) is 6.89. The van der Waals surface area contributed by atoms with Crippen molar-refractivity contribution >= 4 is 44.6 Å². The van der Waals surface area contributed by atoms with E-state index in [1.54, 1.807) is 12.1 Å². The number of anilines is 4. The fourth-order valence-electron chi connectivity index (χ4n) is 8.73. The largest absolute Gasteiger partial charge is 0.457 e. The SMILES string of the molecule is [2H]c1cc(-c2ccccc2)cc([2H])c1-c1c([2H])c([2H])c([2H])c(-c2ccccc2)c1N1CN(c2cccc(Oc3ccc4c5ccccc5n(-c5cc(C(C)(C)C)ccn5)c4c3)c2)c2ccccc21. The lowest BCUT2D eigenvalue weighted by molar-refractivity contribution is 0.483. The third kappa shape index (κ3) is 6.98. The van der Waals surface area contributed by atoms with Gasteiger partial charge in [-0.1, -0.05) is 160 Å². The standard InChI is InChI=1S/C58H46N4O/c1-58(2,3)44-34-35-59-56(36-44)62-52-25-11-10-22-50(52)51-33-32-47(38-55(51)62)63-46-21-14-20-45(37-46)60-39-61(54-27-13-12-26-53(54)60)57-48(42-18-8-5-9-19-42)23-15-24-49(57)43-30-28-41(29-31-43)40-16-6-4-7-17-40/h4-38H,39H2,1-3H3/i15D,23D,24D,30D,31D. The van der Waals surface area contributed by atoms with Crippen molar-refractivity contribution in [2.45, 2.75) is 26.2 Å². The molecule has 11 rings (SSSR count). The number of fused-ring (bicyclic) bond motifs is 4. The van der Waals surface area contributed by atoms with E-state index in [9.17, 15) is 5.48 Å². The summed E-state index contributed by atoms with van der Waals surface area (Å²) in [5.41, 5.74) is 9.46. The number of hydrogen-bond acceptors (Lipinski definition) is 4. The van der Waals surface area contributed by atoms with Gasteiger partial charge in [-0.05, 0) is 87.8 Å². The fourth-order valence-corrected chi connectivity index (χ4v) is 8.73. The molecule has 1 aliphatic heterocycles. The Labute approximate surface area is 375 Å². The van der Waals surface area contributed by atoms with Crippen LogP contribution in [0, 0.1) is 0 Å². The molecular weight excluding hydrogens is 769 g/mol. The topological polar surface area (TPSA) is 33.5 Å². The minimum atomic E-state index is -0.268. The summed E-state index contributed by atoms with van der Waals surface area (Å²) in [5.74, 6) is 2.15. The second-order valence-corrected chi connectivity index (χ2v) is 16.9. The van der Waals surface area contributed by atoms with Gasteiger partial charge in [0.1, 0.15) is 24.0 Å². The van der Waals surface area contributed by atoms with E-state index in [0.29, 0.717) is 33.9 Å². The predicted molar refractivity (Wildman–Crippen MR) is 262 cm³/mol. The second kappa shape index (κ2) is 15.5. The quantitative estimate of drug-likeness (QED) is 0.153. The van der Waals surface area contributed by atoms with Crippen molar-refractivity contribution in [2.24, 2.45) is 0 Å². The number of hydrogen-bond donors (Lipinski definition) is 0. The van der Waals surface area contributed by atoms with Crippen molar-refractivity contribution in [1.82, 2.24) is 9.55 Å². The number of rotatable bonds is 8. The highest BCUT2D eigenvalue weighted by molar-refractivity contribution is 6.09. The van der Waals surface area contributed by atoms with Crippen LogP contribution in [0.1, 0.15) is 33.2 Å². The van der Waals surface area contributed by atoms with Crippen molar-refractivity contribution < 1.29 is 11.6 Å². The number of aromatic nitrogens is 2. The van der Waals surface area contributed by atoms with Crippen LogP contribution in [0.15, 0.2) is 212 Å². The minimum Gasteiger partial charge on any atom is -0.457 e. The molecule has 0 amide bonds. The Kier molecular flexibility index (Phi) is 8.10. The normalized spacial score (nSPS) is 13.7. The van der Waals surface area contributed by atoms with Crippen LogP contribution in [0.3, 0.4) is 0 Å². The lowest BCUT2D eigenvalue weighted by atomic mass is 9.88. The zero-order chi connectivity index (χ0) is 46.8. The molecule has 1 aliphatic rings. The highest BCUT2D eigenvalue weighted by atomic mass is 16.5. The predicted octanol–water partition coefficient (Wildman–Crippen LogP) is 15.5. The molecule has 0 spiro atoms. The second-order valence-electron chi connectivity index (χ2n) is 16.9. The van der Waals surface area contributed by atoms with E-state index in [1.165, 1.54) is 5.56 Å². The number of nitrogens with zero attached hydrogens (tertiary/aromatic N) is 4. The Morgan fingerprint density at radius 2 is 1.16 bits per heavy atom. The van der Waals surface area contributed by atoms with Crippen LogP contribution in [0.2, 0.25) is 0 Å². The van der Waals surface area contributed by atoms with Gasteiger partial charge in [0.05, 0.1) is 34.9 Å². The molecule has 304 valence electrons. The van der Waals surface area contributed by atoms with Crippen LogP contribution < -0.4 is 14.5 Å². The van der Waals surface area contributed by atoms with Gasteiger partial charge < -0.3 is 14.5 Å². The molecule has 0 saturated carbocycles. The van der Waals surface area contributed by atoms with Crippen molar-refractivity contribution in [3.05, 3.63) is 218 Å². The van der Waals surface area contributed by atoms with Gasteiger partial charge in [0.15, 0.2) is 0 Å². The molecule has 0 radical (unpaired) electrons. The molecule has 8 aromatic carbocycles. The summed E-state index contributed by atoms with van der Waals surface area (Å²) in [6, 6.07) is 57.0. The Morgan fingerprint density at radius 3 is 1.92 bits per heavy atom. The first-order valence-electron chi connectivity index (χ1n) is 23.7. The number of para-hydroxylation sites is 4. The van der Waals surface area contributed by atoms with Gasteiger partial charge >= 0.3 is 0 Å². The van der Waals surface area contributed by atoms with Crippen molar-refractivity contribution in [3.63, 3.8) is 0 Å². The van der Waals surface area contributed by atoms with Gasteiger partial charge in [-0.25, -0.2) is 4.98 Å². The van der Waals surface area contributed by atoms with Crippen LogP contribution in [0.25, 0.3) is 61.0 Å². The van der Waals surface area contributed by atoms with Crippen LogP contribution in [-0.4, -0.2) is 16.2 Å². The van der Waals surface area contributed by atoms with Crippen molar-refractivity contribution in [2.75, 3.05) is 16.5 Å². The van der Waals surface area contributed by atoms with E-state index in [2.05, 4.69) is 83.7 Å². The zero-order valence-electron chi connectivity index (χ0n) is 40.2. The summed E-state index contributed by atoms with van der Waals surface area (Å²) in [7, 11) is 0. The van der Waals surface area contributed by atoms with E-state index in [1.807, 2.05) is 121 Å². The van der Waals surface area contributed by atoms with Crippen molar-refractivity contribution in [1.29, 1.82) is 0 Å². The Balaban J connectivity index is 1.02. The molecule has 0 bridgehead atoms. The van der Waals surface area contributed by atoms with Crippen molar-refractivity contribution in [3.8, 4) is 50.7 Å². The maximum absolute atomic E-state index is 9.52. The van der Waals surface area contributed by atoms with Gasteiger partial charge in [0, 0.05) is 45.9 Å². The summed E-state index contributed by atoms with van der Waals surface area (Å²) < 4.78 is 55.9. The summed E-state index contributed by atoms with van der Waals surface area (Å²) in [5, 5.41) is 2.23. The average Bonchev–Trinajstić information content (AvgIpc) is 3.90. The summed E-state index contributed by atoms with van der Waals surface area (Å²) >= 11 is 0. The molecule has 0 N–H and O–H groups in total. The van der Waals surface area contributed by atoms with E-state index in [-0.39, 0.29) is 53.4 Å². The smallest absolute Gasteiger partial charge is 0.137 e. The molecule has 0 atom stereocenters. The first-order valence-corrected chi connectivity index (χ1v) is 21.2. The Hall–Kier alpha value is -7.89. The van der Waals surface area contributed by atoms with Crippen LogP contribution >= 0.6 is 0 Å². The van der Waals surface area contributed by atoms with E-state index >= 15 is 0 Å². The number of ether oxygens (including phenoxy) is 1. The average molecular weight is 820 g/mol. The first kappa shape index (κ1) is 32.8. The molecular formula is C58H46N4O. The molecule has 10 aromatic rings. The van der Waals surface area contributed by atoms with Gasteiger partial charge in [-0.15, -0.1) is 0 Å². The lowest BCUT2D eigenvalue weighted by Crippen LogP contribution is -2.25. The van der Waals surface area contributed by atoms with E-state index < -0.39 is 0 Å². The third-order valence-corrected chi connectivity index (χ3v) is 11.9. The maximum atomic E-state index is 9.52. The fraction of sp³-hybridized carbons (Fsp3) is 0.0862. The molecule has 0 unspecified atom stereocenters. The molecule has 5 heteroatoms. The summed E-state index contributed by atoms with van der Waals surface area (Å²) in [4.78, 5) is 9.09. The maximum Gasteiger partial charge on any atom is 0.137 e. The highest BCUT2D eigenvalue weighted by Crippen LogP contribution is 2.50. The monoisotopic (exact) mass is 819 g/mol. The molecule has 0 saturated heterocycles. The third-order valence-electron chi connectivity index (χ3n) is 11.9. The number of benzene rings is 8. The molecule has 0 aliphatic carbocycles. The molecule has 63 heavy (non-hydrogen) atoms. The Morgan fingerprint density at radius 1 is 0.524 bits per heavy atom. The van der Waals surface area contributed by atoms with Crippen LogP contribution in [0.4, 0.5) is 22.7 Å². The van der Waals surface area contributed by atoms with Crippen LogP contribution in [-0.2, 0) is 5.41 Å². The first-order chi connectivity index (χ1) is 32.9. The molecule has 5 nitrogen and oxygen atoms in total. The van der Waals surface area contributed by atoms with Gasteiger partial charge in [-0.3, -0.25) is 4.57 Å². The van der Waals surface area contributed by atoms with Gasteiger partial charge in [0.25, 0.3) is 0 Å². The Bertz CT molecular complexity index is 3560. The number of pyridine rings is 1. The highest BCUT2D eigenvalue weighted by Gasteiger charge is 2.31. The van der Waals surface area contributed by atoms with E-state index in [4.69, 9.17) is 11.1 Å². The van der Waals surface area contributed by atoms with Crippen LogP contribution in [0.5, 0.6) is 11.5 Å². The zero-order valence-corrected chi connectivity index (χ0v) is 35.2. The molecule has 3 heterocycles.